The molecule has 0 unspecified atom stereocenters. The third-order valence-electron chi connectivity index (χ3n) is 0. The Morgan fingerprint density at radius 2 is 1.50 bits per heavy atom. The van der Waals surface area contributed by atoms with Crippen molar-refractivity contribution in [3.63, 3.8) is 0 Å². The van der Waals surface area contributed by atoms with Crippen molar-refractivity contribution in [3.05, 3.63) is 6.65 Å². The van der Waals surface area contributed by atoms with Crippen molar-refractivity contribution in [1.29, 1.82) is 0 Å². The van der Waals surface area contributed by atoms with Gasteiger partial charge in [-0.05, 0) is 0 Å². The van der Waals surface area contributed by atoms with E-state index in [1.165, 1.54) is 0 Å². The molecule has 3 heteroatoms. The minimum absolute atomic E-state index is 3.50. The van der Waals surface area contributed by atoms with Crippen molar-refractivity contribution in [2.75, 3.05) is 0 Å². The van der Waals surface area contributed by atoms with E-state index in [2.05, 4.69) is 12.5 Å². The fourth-order valence-electron chi connectivity index (χ4n) is 0. The molecule has 3 nitrogen and oxygen atoms in total. The molecule has 0 aliphatic heterocycles. The number of nitrogens with two attached hydrogens (primary N) is 1. The first-order chi connectivity index (χ1) is 2.00. The number of hydrogen-bond acceptors (Lipinski definition) is 2. The van der Waals surface area contributed by atoms with Gasteiger partial charge >= 0.3 is 11.3 Å². The van der Waals surface area contributed by atoms with Crippen molar-refractivity contribution in [2.45, 2.75) is 0 Å². The van der Waals surface area contributed by atoms with Gasteiger partial charge in [-0.1, -0.05) is 0 Å². The quantitative estimate of drug-likeness (QED) is 0.221. The van der Waals surface area contributed by atoms with Crippen LogP contribution in [0.1, 0.15) is 0 Å². The van der Waals surface area contributed by atoms with E-state index in [0.717, 1.165) is 0 Å². The van der Waals surface area contributed by atoms with Crippen LogP contribution in [0, 0.1) is 6.65 Å². The summed E-state index contributed by atoms with van der Waals surface area (Å²) < 4.78 is 7.50. The van der Waals surface area contributed by atoms with E-state index in [-0.39, 0.29) is 0 Å². The first-order valence-corrected chi connectivity index (χ1v) is 0.462. The maximum absolute atomic E-state index is 7.50. The van der Waals surface area contributed by atoms with Crippen LogP contribution in [0.4, 0.5) is 0 Å². The molecule has 0 aliphatic carbocycles. The third-order valence-corrected chi connectivity index (χ3v) is 0. The van der Waals surface area contributed by atoms with Crippen LogP contribution in [-0.2, 0) is 4.65 Å². The Hall–Kier alpha value is -0.340. The topological polar surface area (TPSA) is 66.2 Å². The summed E-state index contributed by atoms with van der Waals surface area (Å²) in [7, 11) is 0. The van der Waals surface area contributed by atoms with E-state index in [9.17, 15) is 0 Å². The summed E-state index contributed by atoms with van der Waals surface area (Å²) in [6.45, 7) is 4.50. The Labute approximate surface area is 23.7 Å². The Morgan fingerprint density at radius 3 is 1.50 bits per heavy atom. The van der Waals surface area contributed by atoms with Gasteiger partial charge in [-0.25, -0.2) is 5.90 Å². The Kier molecular flexibility index (Phi) is 149. The van der Waals surface area contributed by atoms with Gasteiger partial charge in [0.05, 0.1) is 0 Å². The molecule has 0 fully saturated rings. The summed E-state index contributed by atoms with van der Waals surface area (Å²) in [5.41, 5.74) is 0. The first kappa shape index (κ1) is 9.40. The Bertz CT molecular complexity index is 10.8. The normalized spacial score (nSPS) is 2.00. The van der Waals surface area contributed by atoms with Crippen LogP contribution in [-0.4, -0.2) is 5.21 Å². The molecular weight excluding hydrogens is 58.0 g/mol. The molecular formula is CH3NO2. The predicted molar refractivity (Wildman–Crippen MR) is 9.90 cm³/mol. The Morgan fingerprint density at radius 1 is 1.50 bits per heavy atom. The van der Waals surface area contributed by atoms with Crippen LogP contribution in [0.5, 0.6) is 0 Å². The molecule has 0 heterocycles. The van der Waals surface area contributed by atoms with Crippen LogP contribution in [0.15, 0.2) is 0 Å². The molecule has 4 heavy (non-hydrogen) atoms. The summed E-state index contributed by atoms with van der Waals surface area (Å²) in [5, 5.41) is 6.50. The van der Waals surface area contributed by atoms with E-state index in [0.29, 0.717) is 0 Å². The van der Waals surface area contributed by atoms with Crippen molar-refractivity contribution in [2.24, 2.45) is 5.90 Å². The van der Waals surface area contributed by atoms with Gasteiger partial charge in [-0.15, -0.1) is 0 Å². The van der Waals surface area contributed by atoms with Crippen LogP contribution in [0.25, 0.3) is 0 Å². The van der Waals surface area contributed by atoms with Crippen molar-refractivity contribution < 1.29 is 9.86 Å². The zero-order valence-corrected chi connectivity index (χ0v) is 1.93. The monoisotopic (exact) mass is 61.0 g/mol. The average molecular weight is 61.0 g/mol. The predicted octanol–water partition coefficient (Wildman–Crippen LogP) is -0.703. The summed E-state index contributed by atoms with van der Waals surface area (Å²) >= 11 is 0. The number of hydrogen-bond donors (Lipinski definition) is 2. The van der Waals surface area contributed by atoms with Gasteiger partial charge in [0.1, 0.15) is 0 Å². The minimum atomic E-state index is 3.50. The molecule has 0 aliphatic rings. The van der Waals surface area contributed by atoms with Crippen molar-refractivity contribution in [3.8, 4) is 0 Å². The average Bonchev–Trinajstić information content (AvgIpc) is 1.50. The van der Waals surface area contributed by atoms with E-state index < -0.39 is 0 Å². The maximum atomic E-state index is 7.50. The summed E-state index contributed by atoms with van der Waals surface area (Å²) in [6, 6.07) is 0. The molecule has 0 rings (SSSR count). The molecule has 0 atom stereocenters. The van der Waals surface area contributed by atoms with Crippen LogP contribution in [0.3, 0.4) is 0 Å². The van der Waals surface area contributed by atoms with E-state index in [1.54, 1.807) is 0 Å². The summed E-state index contributed by atoms with van der Waals surface area (Å²) in [4.78, 5) is 0. The molecule has 0 bridgehead atoms. The molecule has 0 amide bonds. The van der Waals surface area contributed by atoms with Crippen molar-refractivity contribution in [1.82, 2.24) is 0 Å². The second-order valence-corrected chi connectivity index (χ2v) is 0. The Balaban J connectivity index is 0. The van der Waals surface area contributed by atoms with E-state index in [4.69, 9.17) is 9.86 Å². The van der Waals surface area contributed by atoms with Gasteiger partial charge in [0, 0.05) is 0 Å². The van der Waals surface area contributed by atoms with Crippen molar-refractivity contribution >= 4 is 0 Å². The van der Waals surface area contributed by atoms with Crippen LogP contribution >= 0.6 is 0 Å². The first-order valence-electron chi connectivity index (χ1n) is 0.462. The zero-order chi connectivity index (χ0) is 4.00. The van der Waals surface area contributed by atoms with Crippen LogP contribution in [0.2, 0.25) is 0 Å². The summed E-state index contributed by atoms with van der Waals surface area (Å²) in [6.07, 6.45) is 0. The van der Waals surface area contributed by atoms with Gasteiger partial charge < -0.3 is 5.21 Å². The fraction of sp³-hybridized carbons (Fsp3) is 0. The molecule has 0 aromatic rings. The number of rotatable bonds is 0. The molecule has 3 N–H and O–H groups in total. The molecule has 0 aromatic carbocycles. The molecule has 24 valence electrons. The SMILES string of the molecule is NO.[C-]#[O+]. The second kappa shape index (κ2) is 63.4. The standard InChI is InChI=1S/CO.H3NO/c2*1-2/h;2H,1H2. The third kappa shape index (κ3) is 6.26. The van der Waals surface area contributed by atoms with Gasteiger partial charge in [0.15, 0.2) is 0 Å². The summed E-state index contributed by atoms with van der Waals surface area (Å²) in [5.74, 6) is 3.50. The van der Waals surface area contributed by atoms with Gasteiger partial charge in [0.2, 0.25) is 0 Å². The van der Waals surface area contributed by atoms with Gasteiger partial charge in [0.25, 0.3) is 0 Å². The second-order valence-electron chi connectivity index (χ2n) is 0. The molecule has 0 saturated carbocycles. The fourth-order valence-corrected chi connectivity index (χ4v) is 0. The molecule has 0 saturated heterocycles. The van der Waals surface area contributed by atoms with Gasteiger partial charge in [-0.2, -0.15) is 0 Å². The molecule has 0 radical (unpaired) electrons. The van der Waals surface area contributed by atoms with Gasteiger partial charge in [-0.3, -0.25) is 0 Å². The molecule has 0 spiro atoms. The van der Waals surface area contributed by atoms with E-state index in [1.807, 2.05) is 0 Å². The zero-order valence-electron chi connectivity index (χ0n) is 1.93. The molecule has 0 aromatic heterocycles. The van der Waals surface area contributed by atoms with Crippen LogP contribution < -0.4 is 5.90 Å². The van der Waals surface area contributed by atoms with E-state index >= 15 is 0 Å².